The Morgan fingerprint density at radius 1 is 0.829 bits per heavy atom. The molecule has 3 aromatic rings. The fraction of sp³-hybridized carbons (Fsp3) is 0.192. The minimum Gasteiger partial charge on any atom is -0.493 e. The summed E-state index contributed by atoms with van der Waals surface area (Å²) in [6.07, 6.45) is 1.44. The SMILES string of the molecule is COc1ccc(C(=O)Oc2ccc(C=NNC(=O)COc3ccccc3C)cc2OC)cc1OC. The fourth-order valence-corrected chi connectivity index (χ4v) is 3.04. The molecule has 0 aliphatic heterocycles. The van der Waals surface area contributed by atoms with Crippen LogP contribution in [0.25, 0.3) is 0 Å². The van der Waals surface area contributed by atoms with Gasteiger partial charge in [0.15, 0.2) is 29.6 Å². The number of methoxy groups -OCH3 is 3. The van der Waals surface area contributed by atoms with Crippen LogP contribution in [0.15, 0.2) is 65.8 Å². The van der Waals surface area contributed by atoms with Gasteiger partial charge < -0.3 is 23.7 Å². The molecule has 1 N–H and O–H groups in total. The monoisotopic (exact) mass is 478 g/mol. The van der Waals surface area contributed by atoms with Crippen molar-refractivity contribution in [3.63, 3.8) is 0 Å². The van der Waals surface area contributed by atoms with Crippen LogP contribution in [-0.2, 0) is 4.79 Å². The highest BCUT2D eigenvalue weighted by Gasteiger charge is 2.15. The number of nitrogens with zero attached hydrogens (tertiary/aromatic N) is 1. The van der Waals surface area contributed by atoms with Crippen molar-refractivity contribution in [2.75, 3.05) is 27.9 Å². The molecule has 182 valence electrons. The number of para-hydroxylation sites is 1. The van der Waals surface area contributed by atoms with Crippen molar-refractivity contribution in [1.29, 1.82) is 0 Å². The second-order valence-corrected chi connectivity index (χ2v) is 7.22. The van der Waals surface area contributed by atoms with Crippen LogP contribution in [0.3, 0.4) is 0 Å². The molecule has 3 rings (SSSR count). The van der Waals surface area contributed by atoms with Crippen LogP contribution in [-0.4, -0.2) is 46.0 Å². The lowest BCUT2D eigenvalue weighted by molar-refractivity contribution is -0.123. The molecule has 1 amide bonds. The van der Waals surface area contributed by atoms with E-state index in [2.05, 4.69) is 10.5 Å². The maximum Gasteiger partial charge on any atom is 0.343 e. The average Bonchev–Trinajstić information content (AvgIpc) is 2.88. The lowest BCUT2D eigenvalue weighted by Gasteiger charge is -2.11. The lowest BCUT2D eigenvalue weighted by atomic mass is 10.2. The Kier molecular flexibility index (Phi) is 8.66. The minimum atomic E-state index is -0.591. The van der Waals surface area contributed by atoms with Crippen LogP contribution < -0.4 is 29.1 Å². The number of hydrogen-bond donors (Lipinski definition) is 1. The molecule has 0 saturated heterocycles. The van der Waals surface area contributed by atoms with E-state index in [9.17, 15) is 9.59 Å². The Morgan fingerprint density at radius 3 is 2.23 bits per heavy atom. The molecule has 0 fully saturated rings. The van der Waals surface area contributed by atoms with Gasteiger partial charge in [-0.2, -0.15) is 5.10 Å². The van der Waals surface area contributed by atoms with Gasteiger partial charge in [0.1, 0.15) is 5.75 Å². The quantitative estimate of drug-likeness (QED) is 0.205. The summed E-state index contributed by atoms with van der Waals surface area (Å²) in [4.78, 5) is 24.6. The van der Waals surface area contributed by atoms with Gasteiger partial charge in [-0.15, -0.1) is 0 Å². The van der Waals surface area contributed by atoms with E-state index in [1.165, 1.54) is 33.6 Å². The number of ether oxygens (including phenoxy) is 5. The van der Waals surface area contributed by atoms with E-state index >= 15 is 0 Å². The summed E-state index contributed by atoms with van der Waals surface area (Å²) in [5, 5.41) is 3.93. The number of esters is 1. The molecule has 0 heterocycles. The highest BCUT2D eigenvalue weighted by Crippen LogP contribution is 2.31. The molecule has 0 saturated carbocycles. The zero-order valence-corrected chi connectivity index (χ0v) is 19.9. The molecule has 35 heavy (non-hydrogen) atoms. The first kappa shape index (κ1) is 25.1. The van der Waals surface area contributed by atoms with E-state index in [0.717, 1.165) is 5.56 Å². The van der Waals surface area contributed by atoms with Crippen LogP contribution in [0.2, 0.25) is 0 Å². The Morgan fingerprint density at radius 2 is 1.51 bits per heavy atom. The van der Waals surface area contributed by atoms with Crippen molar-refractivity contribution in [2.45, 2.75) is 6.92 Å². The topological polar surface area (TPSA) is 105 Å². The third-order valence-corrected chi connectivity index (χ3v) is 4.86. The second-order valence-electron chi connectivity index (χ2n) is 7.22. The van der Waals surface area contributed by atoms with Crippen molar-refractivity contribution in [1.82, 2.24) is 5.43 Å². The molecule has 0 bridgehead atoms. The van der Waals surface area contributed by atoms with Gasteiger partial charge in [-0.05, 0) is 60.5 Å². The van der Waals surface area contributed by atoms with Crippen LogP contribution in [0.4, 0.5) is 0 Å². The predicted octanol–water partition coefficient (Wildman–Crippen LogP) is 3.77. The molecule has 0 atom stereocenters. The number of rotatable bonds is 10. The molecular formula is C26H26N2O7. The molecule has 0 aliphatic rings. The van der Waals surface area contributed by atoms with Crippen LogP contribution in [0.1, 0.15) is 21.5 Å². The fourth-order valence-electron chi connectivity index (χ4n) is 3.04. The van der Waals surface area contributed by atoms with E-state index in [0.29, 0.717) is 28.6 Å². The molecule has 9 nitrogen and oxygen atoms in total. The van der Waals surface area contributed by atoms with E-state index in [4.69, 9.17) is 23.7 Å². The van der Waals surface area contributed by atoms with Crippen LogP contribution >= 0.6 is 0 Å². The summed E-state index contributed by atoms with van der Waals surface area (Å²) in [7, 11) is 4.45. The summed E-state index contributed by atoms with van der Waals surface area (Å²) in [6, 6.07) is 17.0. The third-order valence-electron chi connectivity index (χ3n) is 4.86. The Labute approximate surface area is 203 Å². The number of carbonyl (C=O) groups excluding carboxylic acids is 2. The summed E-state index contributed by atoms with van der Waals surface area (Å²) in [5.41, 5.74) is 4.24. The molecule has 9 heteroatoms. The standard InChI is InChI=1S/C26H26N2O7/c1-17-7-5-6-8-20(17)34-16-25(29)28-27-15-18-9-11-22(23(13-18)32-3)35-26(30)19-10-12-21(31-2)24(14-19)33-4/h5-15H,16H2,1-4H3,(H,28,29). The summed E-state index contributed by atoms with van der Waals surface area (Å²) in [6.45, 7) is 1.73. The smallest absolute Gasteiger partial charge is 0.343 e. The van der Waals surface area contributed by atoms with Crippen molar-refractivity contribution in [2.24, 2.45) is 5.10 Å². The van der Waals surface area contributed by atoms with Gasteiger partial charge in [-0.25, -0.2) is 10.2 Å². The maximum absolute atomic E-state index is 12.6. The molecule has 0 unspecified atom stereocenters. The normalized spacial score (nSPS) is 10.5. The Hall–Kier alpha value is -4.53. The summed E-state index contributed by atoms with van der Waals surface area (Å²) in [5.74, 6) is 1.08. The number of carbonyl (C=O) groups is 2. The maximum atomic E-state index is 12.6. The molecule has 0 radical (unpaired) electrons. The molecule has 0 spiro atoms. The number of aryl methyl sites for hydroxylation is 1. The number of hydrogen-bond acceptors (Lipinski definition) is 8. The predicted molar refractivity (Wildman–Crippen MR) is 130 cm³/mol. The minimum absolute atomic E-state index is 0.170. The molecule has 3 aromatic carbocycles. The van der Waals surface area contributed by atoms with E-state index in [1.54, 1.807) is 36.4 Å². The first-order chi connectivity index (χ1) is 16.9. The second kappa shape index (κ2) is 12.1. The summed E-state index contributed by atoms with van der Waals surface area (Å²) < 4.78 is 26.7. The third kappa shape index (κ3) is 6.73. The molecule has 0 aromatic heterocycles. The zero-order chi connectivity index (χ0) is 25.2. The summed E-state index contributed by atoms with van der Waals surface area (Å²) >= 11 is 0. The van der Waals surface area contributed by atoms with Gasteiger partial charge in [-0.1, -0.05) is 18.2 Å². The van der Waals surface area contributed by atoms with E-state index in [1.807, 2.05) is 25.1 Å². The van der Waals surface area contributed by atoms with Gasteiger partial charge in [0.05, 0.1) is 33.1 Å². The number of nitrogens with one attached hydrogen (secondary N) is 1. The molecular weight excluding hydrogens is 452 g/mol. The van der Waals surface area contributed by atoms with Gasteiger partial charge in [0.2, 0.25) is 0 Å². The zero-order valence-electron chi connectivity index (χ0n) is 19.9. The van der Waals surface area contributed by atoms with Crippen molar-refractivity contribution < 1.29 is 33.3 Å². The number of benzene rings is 3. The first-order valence-electron chi connectivity index (χ1n) is 10.6. The van der Waals surface area contributed by atoms with Crippen molar-refractivity contribution in [3.8, 4) is 28.7 Å². The average molecular weight is 479 g/mol. The van der Waals surface area contributed by atoms with Gasteiger partial charge in [0.25, 0.3) is 5.91 Å². The molecule has 0 aliphatic carbocycles. The number of hydrazone groups is 1. The Bertz CT molecular complexity index is 1220. The van der Waals surface area contributed by atoms with E-state index in [-0.39, 0.29) is 17.9 Å². The highest BCUT2D eigenvalue weighted by atomic mass is 16.6. The van der Waals surface area contributed by atoms with Gasteiger partial charge >= 0.3 is 5.97 Å². The highest BCUT2D eigenvalue weighted by molar-refractivity contribution is 5.92. The van der Waals surface area contributed by atoms with Gasteiger partial charge in [0, 0.05) is 0 Å². The van der Waals surface area contributed by atoms with Crippen LogP contribution in [0, 0.1) is 6.92 Å². The van der Waals surface area contributed by atoms with Crippen molar-refractivity contribution >= 4 is 18.1 Å². The van der Waals surface area contributed by atoms with E-state index < -0.39 is 11.9 Å². The lowest BCUT2D eigenvalue weighted by Crippen LogP contribution is -2.24. The van der Waals surface area contributed by atoms with Crippen LogP contribution in [0.5, 0.6) is 28.7 Å². The largest absolute Gasteiger partial charge is 0.493 e. The van der Waals surface area contributed by atoms with Gasteiger partial charge in [-0.3, -0.25) is 4.79 Å². The first-order valence-corrected chi connectivity index (χ1v) is 10.6. The Balaban J connectivity index is 1.60. The number of amides is 1. The van der Waals surface area contributed by atoms with Crippen molar-refractivity contribution in [3.05, 3.63) is 77.4 Å².